The van der Waals surface area contributed by atoms with E-state index in [9.17, 15) is 14.4 Å². The topological polar surface area (TPSA) is 84.9 Å². The van der Waals surface area contributed by atoms with E-state index in [2.05, 4.69) is 5.32 Å². The number of anilines is 1. The number of amides is 1. The number of methoxy groups -OCH3 is 1. The van der Waals surface area contributed by atoms with Crippen LogP contribution < -0.4 is 25.8 Å². The molecule has 2 rings (SSSR count). The van der Waals surface area contributed by atoms with Crippen LogP contribution in [0.3, 0.4) is 0 Å². The van der Waals surface area contributed by atoms with E-state index in [1.165, 1.54) is 7.11 Å². The standard InChI is InChI=1S/C15H22N2O5/c1-15(2,3)22-14(20)16-9-6-5-7-17(8-9)10-11(18)12(19)13(10)21-4/h9H,5-8H2,1-4H3,(H,16,20). The summed E-state index contributed by atoms with van der Waals surface area (Å²) in [7, 11) is 1.38. The SMILES string of the molecule is COc1c(N2CCCC(NC(=O)OC(C)(C)C)C2)c(=O)c1=O. The van der Waals surface area contributed by atoms with Crippen molar-refractivity contribution in [1.29, 1.82) is 0 Å². The van der Waals surface area contributed by atoms with Crippen LogP contribution in [-0.4, -0.2) is 37.9 Å². The molecule has 0 bridgehead atoms. The first-order chi connectivity index (χ1) is 10.2. The number of hydrogen-bond acceptors (Lipinski definition) is 6. The second-order valence-electron chi connectivity index (χ2n) is 6.47. The number of nitrogens with one attached hydrogen (secondary N) is 1. The third kappa shape index (κ3) is 3.40. The monoisotopic (exact) mass is 310 g/mol. The van der Waals surface area contributed by atoms with Gasteiger partial charge in [0.15, 0.2) is 5.75 Å². The predicted octanol–water partition coefficient (Wildman–Crippen LogP) is 0.785. The molecule has 1 amide bonds. The third-order valence-corrected chi connectivity index (χ3v) is 3.51. The molecule has 1 aliphatic rings. The van der Waals surface area contributed by atoms with Crippen LogP contribution in [0.4, 0.5) is 10.5 Å². The Morgan fingerprint density at radius 2 is 1.95 bits per heavy atom. The lowest BCUT2D eigenvalue weighted by molar-refractivity contribution is 0.0500. The molecule has 0 spiro atoms. The highest BCUT2D eigenvalue weighted by atomic mass is 16.6. The molecule has 1 aliphatic heterocycles. The van der Waals surface area contributed by atoms with Gasteiger partial charge in [-0.15, -0.1) is 0 Å². The highest BCUT2D eigenvalue weighted by Gasteiger charge is 2.31. The van der Waals surface area contributed by atoms with Gasteiger partial charge in [-0.05, 0) is 33.6 Å². The molecular weight excluding hydrogens is 288 g/mol. The van der Waals surface area contributed by atoms with E-state index in [0.717, 1.165) is 12.8 Å². The van der Waals surface area contributed by atoms with Gasteiger partial charge in [-0.25, -0.2) is 4.79 Å². The molecule has 22 heavy (non-hydrogen) atoms. The Morgan fingerprint density at radius 1 is 1.27 bits per heavy atom. The molecule has 1 saturated heterocycles. The minimum Gasteiger partial charge on any atom is -0.491 e. The Labute approximate surface area is 128 Å². The first-order valence-electron chi connectivity index (χ1n) is 7.34. The van der Waals surface area contributed by atoms with Crippen molar-refractivity contribution >= 4 is 11.8 Å². The smallest absolute Gasteiger partial charge is 0.407 e. The number of nitrogens with zero attached hydrogens (tertiary/aromatic N) is 1. The normalized spacial score (nSPS) is 19.1. The number of carbonyl (C=O) groups excluding carboxylic acids is 1. The van der Waals surface area contributed by atoms with Crippen molar-refractivity contribution in [2.75, 3.05) is 25.1 Å². The Balaban J connectivity index is 2.01. The quantitative estimate of drug-likeness (QED) is 0.831. The van der Waals surface area contributed by atoms with E-state index in [-0.39, 0.29) is 11.8 Å². The zero-order valence-electron chi connectivity index (χ0n) is 13.4. The number of piperidine rings is 1. The van der Waals surface area contributed by atoms with Crippen LogP contribution in [0.15, 0.2) is 9.59 Å². The van der Waals surface area contributed by atoms with E-state index in [0.29, 0.717) is 18.8 Å². The number of carbonyl (C=O) groups is 1. The van der Waals surface area contributed by atoms with Gasteiger partial charge in [0.1, 0.15) is 11.3 Å². The predicted molar refractivity (Wildman–Crippen MR) is 82.5 cm³/mol. The van der Waals surface area contributed by atoms with E-state index in [1.807, 2.05) is 0 Å². The van der Waals surface area contributed by atoms with Gasteiger partial charge >= 0.3 is 6.09 Å². The van der Waals surface area contributed by atoms with Gasteiger partial charge in [-0.2, -0.15) is 0 Å². The molecule has 1 aromatic carbocycles. The Hall–Kier alpha value is -2.05. The minimum atomic E-state index is -0.584. The maximum atomic E-state index is 11.8. The molecule has 0 radical (unpaired) electrons. The van der Waals surface area contributed by atoms with Crippen molar-refractivity contribution in [1.82, 2.24) is 5.32 Å². The fraction of sp³-hybridized carbons (Fsp3) is 0.667. The van der Waals surface area contributed by atoms with Gasteiger partial charge in [0, 0.05) is 19.1 Å². The summed E-state index contributed by atoms with van der Waals surface area (Å²) >= 11 is 0. The van der Waals surface area contributed by atoms with Crippen molar-refractivity contribution < 1.29 is 14.3 Å². The average Bonchev–Trinajstić information content (AvgIpc) is 2.41. The van der Waals surface area contributed by atoms with Crippen LogP contribution >= 0.6 is 0 Å². The van der Waals surface area contributed by atoms with Crippen LogP contribution in [-0.2, 0) is 4.74 Å². The summed E-state index contributed by atoms with van der Waals surface area (Å²) in [4.78, 5) is 36.7. The molecule has 1 heterocycles. The molecular formula is C15H22N2O5. The Kier molecular flexibility index (Phi) is 4.44. The summed E-state index contributed by atoms with van der Waals surface area (Å²) in [5, 5.41) is 2.80. The van der Waals surface area contributed by atoms with Crippen LogP contribution in [0, 0.1) is 0 Å². The summed E-state index contributed by atoms with van der Waals surface area (Å²) in [5.41, 5.74) is -1.33. The summed E-state index contributed by atoms with van der Waals surface area (Å²) in [6.45, 7) is 6.52. The van der Waals surface area contributed by atoms with Gasteiger partial charge in [-0.1, -0.05) is 0 Å². The summed E-state index contributed by atoms with van der Waals surface area (Å²) in [6.07, 6.45) is 1.13. The van der Waals surface area contributed by atoms with Gasteiger partial charge in [0.05, 0.1) is 7.11 Å². The second kappa shape index (κ2) is 5.98. The van der Waals surface area contributed by atoms with E-state index in [1.54, 1.807) is 25.7 Å². The van der Waals surface area contributed by atoms with Crippen LogP contribution in [0.2, 0.25) is 0 Å². The second-order valence-corrected chi connectivity index (χ2v) is 6.47. The van der Waals surface area contributed by atoms with Crippen molar-refractivity contribution in [2.45, 2.75) is 45.3 Å². The maximum absolute atomic E-state index is 11.8. The maximum Gasteiger partial charge on any atom is 0.407 e. The van der Waals surface area contributed by atoms with Crippen LogP contribution in [0.5, 0.6) is 5.75 Å². The Morgan fingerprint density at radius 3 is 2.55 bits per heavy atom. The number of ether oxygens (including phenoxy) is 2. The number of hydrogen-bond donors (Lipinski definition) is 1. The van der Waals surface area contributed by atoms with Crippen LogP contribution in [0.1, 0.15) is 33.6 Å². The highest BCUT2D eigenvalue weighted by molar-refractivity contribution is 5.69. The molecule has 122 valence electrons. The molecule has 0 saturated carbocycles. The van der Waals surface area contributed by atoms with E-state index < -0.39 is 22.6 Å². The van der Waals surface area contributed by atoms with Crippen molar-refractivity contribution in [3.8, 4) is 5.75 Å². The highest BCUT2D eigenvalue weighted by Crippen LogP contribution is 2.25. The fourth-order valence-electron chi connectivity index (χ4n) is 2.61. The number of rotatable bonds is 3. The first-order valence-corrected chi connectivity index (χ1v) is 7.34. The van der Waals surface area contributed by atoms with Gasteiger partial charge < -0.3 is 19.7 Å². The molecule has 1 unspecified atom stereocenters. The summed E-state index contributed by atoms with van der Waals surface area (Å²) in [6, 6.07) is -0.127. The zero-order chi connectivity index (χ0) is 16.5. The van der Waals surface area contributed by atoms with Crippen molar-refractivity contribution in [2.24, 2.45) is 0 Å². The molecule has 1 atom stereocenters. The molecule has 1 fully saturated rings. The van der Waals surface area contributed by atoms with Crippen LogP contribution in [0.25, 0.3) is 0 Å². The van der Waals surface area contributed by atoms with E-state index in [4.69, 9.17) is 9.47 Å². The minimum absolute atomic E-state index is 0.114. The average molecular weight is 310 g/mol. The largest absolute Gasteiger partial charge is 0.491 e. The summed E-state index contributed by atoms with van der Waals surface area (Å²) < 4.78 is 10.2. The first kappa shape index (κ1) is 16.3. The fourth-order valence-corrected chi connectivity index (χ4v) is 2.61. The molecule has 7 nitrogen and oxygen atoms in total. The van der Waals surface area contributed by atoms with Gasteiger partial charge in [0.2, 0.25) is 0 Å². The third-order valence-electron chi connectivity index (χ3n) is 3.51. The zero-order valence-corrected chi connectivity index (χ0v) is 13.4. The molecule has 1 N–H and O–H groups in total. The Bertz CT molecular complexity index is 625. The lowest BCUT2D eigenvalue weighted by Gasteiger charge is -2.35. The van der Waals surface area contributed by atoms with Crippen molar-refractivity contribution in [3.63, 3.8) is 0 Å². The number of alkyl carbamates (subject to hydrolysis) is 1. The molecule has 1 aromatic rings. The van der Waals surface area contributed by atoms with Gasteiger partial charge in [-0.3, -0.25) is 9.59 Å². The van der Waals surface area contributed by atoms with Gasteiger partial charge in [0.25, 0.3) is 10.9 Å². The molecule has 0 aliphatic carbocycles. The molecule has 0 aromatic heterocycles. The lowest BCUT2D eigenvalue weighted by atomic mass is 10.0. The lowest BCUT2D eigenvalue weighted by Crippen LogP contribution is -2.52. The molecule has 7 heteroatoms. The van der Waals surface area contributed by atoms with E-state index >= 15 is 0 Å². The van der Waals surface area contributed by atoms with Crippen molar-refractivity contribution in [3.05, 3.63) is 20.4 Å². The summed E-state index contributed by atoms with van der Waals surface area (Å²) in [5.74, 6) is 0.114.